The minimum absolute atomic E-state index is 0.00137. The van der Waals surface area contributed by atoms with E-state index in [2.05, 4.69) is 22.5 Å². The molecule has 1 aliphatic heterocycles. The Morgan fingerprint density at radius 1 is 1.65 bits per heavy atom. The van der Waals surface area contributed by atoms with E-state index >= 15 is 0 Å². The van der Waals surface area contributed by atoms with E-state index < -0.39 is 0 Å². The summed E-state index contributed by atoms with van der Waals surface area (Å²) in [6.45, 7) is 4.84. The van der Waals surface area contributed by atoms with Gasteiger partial charge in [0.25, 0.3) is 0 Å². The normalized spacial score (nSPS) is 23.7. The van der Waals surface area contributed by atoms with Crippen LogP contribution >= 0.6 is 11.6 Å². The zero-order valence-corrected chi connectivity index (χ0v) is 10.7. The second kappa shape index (κ2) is 5.02. The van der Waals surface area contributed by atoms with Crippen LogP contribution in [0.2, 0.25) is 5.15 Å². The number of aromatic nitrogens is 1. The van der Waals surface area contributed by atoms with Crippen molar-refractivity contribution in [3.63, 3.8) is 0 Å². The first-order chi connectivity index (χ1) is 8.08. The highest BCUT2D eigenvalue weighted by Gasteiger charge is 2.29. The molecule has 2 rings (SSSR count). The number of halogens is 1. The molecule has 1 aromatic rings. The second-order valence-corrected chi connectivity index (χ2v) is 4.88. The van der Waals surface area contributed by atoms with Crippen molar-refractivity contribution >= 4 is 23.2 Å². The fourth-order valence-electron chi connectivity index (χ4n) is 2.03. The first kappa shape index (κ1) is 12.3. The molecule has 0 bridgehead atoms. The Hall–Kier alpha value is -1.13. The van der Waals surface area contributed by atoms with Crippen LogP contribution in [0.5, 0.6) is 0 Å². The van der Waals surface area contributed by atoms with Crippen LogP contribution in [0.3, 0.4) is 0 Å². The van der Waals surface area contributed by atoms with Crippen molar-refractivity contribution in [2.75, 3.05) is 11.9 Å². The summed E-state index contributed by atoms with van der Waals surface area (Å²) < 4.78 is 0. The van der Waals surface area contributed by atoms with Gasteiger partial charge in [0, 0.05) is 0 Å². The summed E-state index contributed by atoms with van der Waals surface area (Å²) in [5.41, 5.74) is 1.55. The number of aryl methyl sites for hydroxylation is 1. The van der Waals surface area contributed by atoms with Gasteiger partial charge in [0.2, 0.25) is 5.91 Å². The Morgan fingerprint density at radius 3 is 3.00 bits per heavy atom. The number of nitrogens with one attached hydrogen (secondary N) is 2. The lowest BCUT2D eigenvalue weighted by molar-refractivity contribution is -0.118. The number of rotatable bonds is 2. The Balaban J connectivity index is 2.05. The standard InChI is InChI=1S/C12H16ClN3O/c1-7-3-4-14-10(7)12(17)16-9-5-8(2)11(13)15-6-9/h5-7,10,14H,3-4H2,1-2H3,(H,16,17). The summed E-state index contributed by atoms with van der Waals surface area (Å²) >= 11 is 5.83. The van der Waals surface area contributed by atoms with Crippen LogP contribution in [0, 0.1) is 12.8 Å². The van der Waals surface area contributed by atoms with Gasteiger partial charge < -0.3 is 10.6 Å². The minimum Gasteiger partial charge on any atom is -0.323 e. The summed E-state index contributed by atoms with van der Waals surface area (Å²) in [5.74, 6) is 0.370. The minimum atomic E-state index is -0.106. The van der Waals surface area contributed by atoms with Crippen molar-refractivity contribution in [3.8, 4) is 0 Å². The van der Waals surface area contributed by atoms with Crippen LogP contribution in [0.1, 0.15) is 18.9 Å². The quantitative estimate of drug-likeness (QED) is 0.793. The molecule has 2 heterocycles. The Morgan fingerprint density at radius 2 is 2.41 bits per heavy atom. The number of carbonyl (C=O) groups excluding carboxylic acids is 1. The average molecular weight is 254 g/mol. The number of pyridine rings is 1. The molecule has 17 heavy (non-hydrogen) atoms. The molecular weight excluding hydrogens is 238 g/mol. The topological polar surface area (TPSA) is 54.0 Å². The van der Waals surface area contributed by atoms with Gasteiger partial charge in [0.15, 0.2) is 0 Å². The monoisotopic (exact) mass is 253 g/mol. The van der Waals surface area contributed by atoms with E-state index in [1.54, 1.807) is 6.20 Å². The van der Waals surface area contributed by atoms with Gasteiger partial charge in [-0.2, -0.15) is 0 Å². The van der Waals surface area contributed by atoms with E-state index in [1.807, 2.05) is 13.0 Å². The number of hydrogen-bond acceptors (Lipinski definition) is 3. The molecule has 0 spiro atoms. The molecule has 0 radical (unpaired) electrons. The predicted molar refractivity (Wildman–Crippen MR) is 68.2 cm³/mol. The van der Waals surface area contributed by atoms with Crippen molar-refractivity contribution in [1.29, 1.82) is 0 Å². The molecule has 1 amide bonds. The zero-order chi connectivity index (χ0) is 12.4. The SMILES string of the molecule is Cc1cc(NC(=O)C2NCCC2C)cnc1Cl. The van der Waals surface area contributed by atoms with Crippen molar-refractivity contribution in [3.05, 3.63) is 23.0 Å². The maximum Gasteiger partial charge on any atom is 0.241 e. The molecule has 2 unspecified atom stereocenters. The maximum atomic E-state index is 12.0. The highest BCUT2D eigenvalue weighted by molar-refractivity contribution is 6.30. The van der Waals surface area contributed by atoms with Gasteiger partial charge in [-0.05, 0) is 37.4 Å². The molecule has 1 aromatic heterocycles. The van der Waals surface area contributed by atoms with Gasteiger partial charge >= 0.3 is 0 Å². The van der Waals surface area contributed by atoms with Crippen molar-refractivity contribution in [2.45, 2.75) is 26.3 Å². The smallest absolute Gasteiger partial charge is 0.241 e. The lowest BCUT2D eigenvalue weighted by Crippen LogP contribution is -2.39. The fraction of sp³-hybridized carbons (Fsp3) is 0.500. The van der Waals surface area contributed by atoms with Crippen LogP contribution in [0.25, 0.3) is 0 Å². The molecule has 1 aliphatic rings. The summed E-state index contributed by atoms with van der Waals surface area (Å²) in [7, 11) is 0. The van der Waals surface area contributed by atoms with E-state index in [4.69, 9.17) is 11.6 Å². The maximum absolute atomic E-state index is 12.0. The average Bonchev–Trinajstić information content (AvgIpc) is 2.70. The highest BCUT2D eigenvalue weighted by atomic mass is 35.5. The van der Waals surface area contributed by atoms with E-state index in [0.29, 0.717) is 16.8 Å². The Labute approximate surface area is 106 Å². The number of hydrogen-bond donors (Lipinski definition) is 2. The van der Waals surface area contributed by atoms with Crippen molar-refractivity contribution < 1.29 is 4.79 Å². The van der Waals surface area contributed by atoms with E-state index in [1.165, 1.54) is 0 Å². The van der Waals surface area contributed by atoms with Gasteiger partial charge in [-0.25, -0.2) is 4.98 Å². The first-order valence-electron chi connectivity index (χ1n) is 5.74. The van der Waals surface area contributed by atoms with Crippen LogP contribution in [-0.4, -0.2) is 23.5 Å². The molecule has 1 fully saturated rings. The molecule has 0 aromatic carbocycles. The summed E-state index contributed by atoms with van der Waals surface area (Å²) in [5, 5.41) is 6.52. The molecule has 92 valence electrons. The van der Waals surface area contributed by atoms with E-state index in [-0.39, 0.29) is 11.9 Å². The molecule has 4 nitrogen and oxygen atoms in total. The fourth-order valence-corrected chi connectivity index (χ4v) is 2.14. The van der Waals surface area contributed by atoms with Crippen LogP contribution < -0.4 is 10.6 Å². The van der Waals surface area contributed by atoms with Crippen molar-refractivity contribution in [2.24, 2.45) is 5.92 Å². The molecule has 2 atom stereocenters. The lowest BCUT2D eigenvalue weighted by Gasteiger charge is -2.15. The summed E-state index contributed by atoms with van der Waals surface area (Å²) in [6.07, 6.45) is 2.61. The van der Waals surface area contributed by atoms with Gasteiger partial charge in [-0.3, -0.25) is 4.79 Å². The Bertz CT molecular complexity index is 436. The summed E-state index contributed by atoms with van der Waals surface area (Å²) in [6, 6.07) is 1.72. The molecule has 0 saturated carbocycles. The van der Waals surface area contributed by atoms with Crippen molar-refractivity contribution in [1.82, 2.24) is 10.3 Å². The number of carbonyl (C=O) groups is 1. The molecular formula is C12H16ClN3O. The number of nitrogens with zero attached hydrogens (tertiary/aromatic N) is 1. The van der Waals surface area contributed by atoms with E-state index in [0.717, 1.165) is 18.5 Å². The largest absolute Gasteiger partial charge is 0.323 e. The number of anilines is 1. The lowest BCUT2D eigenvalue weighted by atomic mass is 10.0. The molecule has 2 N–H and O–H groups in total. The highest BCUT2D eigenvalue weighted by Crippen LogP contribution is 2.19. The van der Waals surface area contributed by atoms with Crippen LogP contribution in [0.4, 0.5) is 5.69 Å². The number of amides is 1. The van der Waals surface area contributed by atoms with Gasteiger partial charge in [0.05, 0.1) is 17.9 Å². The van der Waals surface area contributed by atoms with E-state index in [9.17, 15) is 4.79 Å². The predicted octanol–water partition coefficient (Wildman–Crippen LogP) is 1.98. The molecule has 0 aliphatic carbocycles. The summed E-state index contributed by atoms with van der Waals surface area (Å²) in [4.78, 5) is 16.0. The third-order valence-corrected chi connectivity index (χ3v) is 3.49. The van der Waals surface area contributed by atoms with Gasteiger partial charge in [0.1, 0.15) is 5.15 Å². The first-order valence-corrected chi connectivity index (χ1v) is 6.12. The second-order valence-electron chi connectivity index (χ2n) is 4.52. The van der Waals surface area contributed by atoms with Gasteiger partial charge in [-0.15, -0.1) is 0 Å². The Kier molecular flexibility index (Phi) is 3.64. The zero-order valence-electron chi connectivity index (χ0n) is 9.96. The van der Waals surface area contributed by atoms with Crippen LogP contribution in [-0.2, 0) is 4.79 Å². The van der Waals surface area contributed by atoms with Crippen LogP contribution in [0.15, 0.2) is 12.3 Å². The molecule has 5 heteroatoms. The molecule has 1 saturated heterocycles. The third-order valence-electron chi connectivity index (χ3n) is 3.10. The third kappa shape index (κ3) is 2.76. The van der Waals surface area contributed by atoms with Gasteiger partial charge in [-0.1, -0.05) is 18.5 Å².